The Morgan fingerprint density at radius 2 is 1.69 bits per heavy atom. The van der Waals surface area contributed by atoms with Gasteiger partial charge in [-0.05, 0) is 42.4 Å². The summed E-state index contributed by atoms with van der Waals surface area (Å²) in [5.74, 6) is 4.88. The summed E-state index contributed by atoms with van der Waals surface area (Å²) in [5, 5.41) is 0. The Balaban J connectivity index is 2.17. The predicted molar refractivity (Wildman–Crippen MR) is 73.5 cm³/mol. The highest BCUT2D eigenvalue weighted by molar-refractivity contribution is 4.80. The average molecular weight is 224 g/mol. The Morgan fingerprint density at radius 3 is 2.12 bits per heavy atom. The smallest absolute Gasteiger partial charge is 0.0386 e. The largest absolute Gasteiger partial charge is 0.0651 e. The SMILES string of the molecule is CCC(C)CCC(C)C(C)CC1CCC1C. The summed E-state index contributed by atoms with van der Waals surface area (Å²) in [6, 6.07) is 0. The highest BCUT2D eigenvalue weighted by atomic mass is 14.3. The molecule has 1 fully saturated rings. The first-order chi connectivity index (χ1) is 7.54. The van der Waals surface area contributed by atoms with Crippen molar-refractivity contribution in [3.8, 4) is 0 Å². The molecule has 0 N–H and O–H groups in total. The van der Waals surface area contributed by atoms with Crippen molar-refractivity contribution in [1.82, 2.24) is 0 Å². The van der Waals surface area contributed by atoms with Crippen molar-refractivity contribution in [3.05, 3.63) is 0 Å². The summed E-state index contributed by atoms with van der Waals surface area (Å²) in [5.41, 5.74) is 0. The highest BCUT2D eigenvalue weighted by Gasteiger charge is 2.29. The van der Waals surface area contributed by atoms with Crippen LogP contribution in [0, 0.1) is 29.6 Å². The zero-order chi connectivity index (χ0) is 12.1. The number of hydrogen-bond donors (Lipinski definition) is 0. The van der Waals surface area contributed by atoms with Gasteiger partial charge >= 0.3 is 0 Å². The van der Waals surface area contributed by atoms with Crippen molar-refractivity contribution in [2.24, 2.45) is 29.6 Å². The van der Waals surface area contributed by atoms with Crippen LogP contribution in [0.3, 0.4) is 0 Å². The third-order valence-corrected chi connectivity index (χ3v) is 5.26. The molecule has 5 unspecified atom stereocenters. The molecule has 0 nitrogen and oxygen atoms in total. The zero-order valence-electron chi connectivity index (χ0n) is 12.1. The summed E-state index contributed by atoms with van der Waals surface area (Å²) in [6.45, 7) is 12.1. The Labute approximate surface area is 103 Å². The van der Waals surface area contributed by atoms with E-state index >= 15 is 0 Å². The molecule has 1 rings (SSSR count). The first kappa shape index (κ1) is 14.1. The van der Waals surface area contributed by atoms with Crippen LogP contribution in [0.5, 0.6) is 0 Å². The van der Waals surface area contributed by atoms with Crippen LogP contribution in [0.2, 0.25) is 0 Å². The minimum absolute atomic E-state index is 0.928. The van der Waals surface area contributed by atoms with E-state index in [9.17, 15) is 0 Å². The predicted octanol–water partition coefficient (Wildman–Crippen LogP) is 5.52. The third kappa shape index (κ3) is 4.11. The molecule has 0 aromatic carbocycles. The van der Waals surface area contributed by atoms with Gasteiger partial charge in [0.15, 0.2) is 0 Å². The van der Waals surface area contributed by atoms with E-state index in [1.54, 1.807) is 0 Å². The molecule has 0 heteroatoms. The Kier molecular flexibility index (Phi) is 5.86. The molecular formula is C16H32. The fraction of sp³-hybridized carbons (Fsp3) is 1.00. The maximum atomic E-state index is 2.48. The van der Waals surface area contributed by atoms with E-state index in [1.165, 1.54) is 38.5 Å². The van der Waals surface area contributed by atoms with Crippen molar-refractivity contribution in [3.63, 3.8) is 0 Å². The Hall–Kier alpha value is 0. The second-order valence-electron chi connectivity index (χ2n) is 6.60. The molecular weight excluding hydrogens is 192 g/mol. The lowest BCUT2D eigenvalue weighted by Gasteiger charge is -2.37. The molecule has 0 bridgehead atoms. The van der Waals surface area contributed by atoms with Crippen LogP contribution < -0.4 is 0 Å². The fourth-order valence-corrected chi connectivity index (χ4v) is 2.83. The quantitative estimate of drug-likeness (QED) is 0.534. The van der Waals surface area contributed by atoms with Crippen LogP contribution in [-0.2, 0) is 0 Å². The molecule has 96 valence electrons. The Morgan fingerprint density at radius 1 is 1.00 bits per heavy atom. The molecule has 0 amide bonds. The van der Waals surface area contributed by atoms with Gasteiger partial charge in [0.05, 0.1) is 0 Å². The van der Waals surface area contributed by atoms with E-state index in [0.29, 0.717) is 0 Å². The van der Waals surface area contributed by atoms with Crippen molar-refractivity contribution < 1.29 is 0 Å². The second-order valence-corrected chi connectivity index (χ2v) is 6.60. The van der Waals surface area contributed by atoms with Gasteiger partial charge in [-0.3, -0.25) is 0 Å². The van der Waals surface area contributed by atoms with Gasteiger partial charge in [0.2, 0.25) is 0 Å². The zero-order valence-corrected chi connectivity index (χ0v) is 12.1. The van der Waals surface area contributed by atoms with Gasteiger partial charge in [-0.2, -0.15) is 0 Å². The number of hydrogen-bond acceptors (Lipinski definition) is 0. The summed E-state index contributed by atoms with van der Waals surface area (Å²) in [7, 11) is 0. The van der Waals surface area contributed by atoms with Gasteiger partial charge < -0.3 is 0 Å². The summed E-state index contributed by atoms with van der Waals surface area (Å²) in [6.07, 6.45) is 8.70. The second kappa shape index (κ2) is 6.67. The molecule has 16 heavy (non-hydrogen) atoms. The average Bonchev–Trinajstić information content (AvgIpc) is 2.29. The standard InChI is InChI=1S/C16H32/c1-6-12(2)7-8-13(3)15(5)11-16-10-9-14(16)4/h12-16H,6-11H2,1-5H3. The van der Waals surface area contributed by atoms with Crippen LogP contribution in [0.4, 0.5) is 0 Å². The van der Waals surface area contributed by atoms with Gasteiger partial charge in [-0.15, -0.1) is 0 Å². The molecule has 1 saturated carbocycles. The molecule has 0 saturated heterocycles. The van der Waals surface area contributed by atoms with Crippen LogP contribution in [0.15, 0.2) is 0 Å². The van der Waals surface area contributed by atoms with Crippen molar-refractivity contribution in [2.45, 2.75) is 73.1 Å². The normalized spacial score (nSPS) is 30.6. The van der Waals surface area contributed by atoms with Gasteiger partial charge in [-0.1, -0.05) is 60.3 Å². The monoisotopic (exact) mass is 224 g/mol. The minimum atomic E-state index is 0.928. The molecule has 1 aliphatic rings. The van der Waals surface area contributed by atoms with E-state index in [0.717, 1.165) is 29.6 Å². The van der Waals surface area contributed by atoms with E-state index in [4.69, 9.17) is 0 Å². The fourth-order valence-electron chi connectivity index (χ4n) is 2.83. The van der Waals surface area contributed by atoms with Gasteiger partial charge in [0.25, 0.3) is 0 Å². The molecule has 0 aliphatic heterocycles. The Bertz CT molecular complexity index is 184. The van der Waals surface area contributed by atoms with Crippen LogP contribution in [0.1, 0.15) is 73.1 Å². The van der Waals surface area contributed by atoms with E-state index < -0.39 is 0 Å². The van der Waals surface area contributed by atoms with Gasteiger partial charge in [0, 0.05) is 0 Å². The lowest BCUT2D eigenvalue weighted by atomic mass is 9.69. The van der Waals surface area contributed by atoms with Crippen molar-refractivity contribution >= 4 is 0 Å². The summed E-state index contributed by atoms with van der Waals surface area (Å²) < 4.78 is 0. The topological polar surface area (TPSA) is 0 Å². The molecule has 0 radical (unpaired) electrons. The van der Waals surface area contributed by atoms with Crippen LogP contribution in [-0.4, -0.2) is 0 Å². The summed E-state index contributed by atoms with van der Waals surface area (Å²) >= 11 is 0. The van der Waals surface area contributed by atoms with E-state index in [1.807, 2.05) is 0 Å². The van der Waals surface area contributed by atoms with E-state index in [-0.39, 0.29) is 0 Å². The maximum absolute atomic E-state index is 2.48. The van der Waals surface area contributed by atoms with E-state index in [2.05, 4.69) is 34.6 Å². The van der Waals surface area contributed by atoms with Crippen LogP contribution >= 0.6 is 0 Å². The van der Waals surface area contributed by atoms with Gasteiger partial charge in [0.1, 0.15) is 0 Å². The first-order valence-electron chi connectivity index (χ1n) is 7.54. The lowest BCUT2D eigenvalue weighted by Crippen LogP contribution is -2.26. The van der Waals surface area contributed by atoms with Crippen LogP contribution in [0.25, 0.3) is 0 Å². The third-order valence-electron chi connectivity index (χ3n) is 5.26. The van der Waals surface area contributed by atoms with Gasteiger partial charge in [-0.25, -0.2) is 0 Å². The molecule has 5 atom stereocenters. The van der Waals surface area contributed by atoms with Crippen molar-refractivity contribution in [2.75, 3.05) is 0 Å². The maximum Gasteiger partial charge on any atom is -0.0386 e. The number of rotatable bonds is 7. The highest BCUT2D eigenvalue weighted by Crippen LogP contribution is 2.40. The molecule has 1 aliphatic carbocycles. The molecule has 0 heterocycles. The van der Waals surface area contributed by atoms with Crippen molar-refractivity contribution in [1.29, 1.82) is 0 Å². The summed E-state index contributed by atoms with van der Waals surface area (Å²) in [4.78, 5) is 0. The molecule has 0 spiro atoms. The first-order valence-corrected chi connectivity index (χ1v) is 7.54. The minimum Gasteiger partial charge on any atom is -0.0651 e. The molecule has 0 aromatic rings. The lowest BCUT2D eigenvalue weighted by molar-refractivity contribution is 0.140. The molecule has 0 aromatic heterocycles.